The first-order chi connectivity index (χ1) is 17.1. The first kappa shape index (κ1) is 24.4. The van der Waals surface area contributed by atoms with Gasteiger partial charge < -0.3 is 21.1 Å². The largest absolute Gasteiger partial charge is 0.464 e. The number of methoxy groups -OCH3 is 1. The highest BCUT2D eigenvalue weighted by Gasteiger charge is 2.55. The van der Waals surface area contributed by atoms with E-state index in [4.69, 9.17) is 5.73 Å². The van der Waals surface area contributed by atoms with E-state index in [1.807, 2.05) is 6.07 Å². The second-order valence-electron chi connectivity index (χ2n) is 8.57. The second-order valence-corrected chi connectivity index (χ2v) is 8.57. The highest BCUT2D eigenvalue weighted by Crippen LogP contribution is 2.46. The van der Waals surface area contributed by atoms with Gasteiger partial charge >= 0.3 is 5.97 Å². The Kier molecular flexibility index (Phi) is 6.19. The van der Waals surface area contributed by atoms with E-state index < -0.39 is 35.0 Å². The number of primary amides is 1. The van der Waals surface area contributed by atoms with Crippen LogP contribution in [-0.2, 0) is 30.5 Å². The van der Waals surface area contributed by atoms with Crippen molar-refractivity contribution >= 4 is 35.3 Å². The van der Waals surface area contributed by atoms with E-state index in [1.54, 1.807) is 36.4 Å². The Morgan fingerprint density at radius 2 is 1.67 bits per heavy atom. The Balaban J connectivity index is 1.51. The lowest BCUT2D eigenvalue weighted by atomic mass is 9.97. The van der Waals surface area contributed by atoms with E-state index in [0.717, 1.165) is 18.2 Å². The number of nitrogens with one attached hydrogen (secondary N) is 2. The standard InChI is InChI=1S/C26H24N4O6/c1-14(23(33)36-3)28-21(31)15(2)30-13-20-18(5-4-6-19(20)22(30)32)16-7-9-17(10-8-16)29-25(35)26(11-12-26)24(27)34/h4-10H,1-2,11-13H2,3H3,(H2,27,34)(H,28,31)(H,29,35). The van der Waals surface area contributed by atoms with Crippen LogP contribution in [0.2, 0.25) is 0 Å². The molecule has 0 spiro atoms. The molecule has 1 aliphatic heterocycles. The number of nitrogens with zero attached hydrogens (tertiary/aromatic N) is 1. The molecule has 36 heavy (non-hydrogen) atoms. The average Bonchev–Trinajstić information content (AvgIpc) is 3.62. The number of rotatable bonds is 8. The Morgan fingerprint density at radius 3 is 2.25 bits per heavy atom. The van der Waals surface area contributed by atoms with Crippen molar-refractivity contribution in [3.8, 4) is 11.1 Å². The van der Waals surface area contributed by atoms with Crippen LogP contribution in [-0.4, -0.2) is 41.6 Å². The summed E-state index contributed by atoms with van der Waals surface area (Å²) in [6.45, 7) is 7.25. The number of hydrogen-bond donors (Lipinski definition) is 3. The minimum atomic E-state index is -1.12. The minimum absolute atomic E-state index is 0.0981. The molecule has 0 saturated heterocycles. The molecule has 4 amide bonds. The summed E-state index contributed by atoms with van der Waals surface area (Å²) in [5.74, 6) is -3.01. The number of esters is 1. The third-order valence-corrected chi connectivity index (χ3v) is 6.36. The maximum absolute atomic E-state index is 13.0. The zero-order valence-electron chi connectivity index (χ0n) is 19.6. The summed E-state index contributed by atoms with van der Waals surface area (Å²) in [6, 6.07) is 12.2. The first-order valence-electron chi connectivity index (χ1n) is 11.0. The summed E-state index contributed by atoms with van der Waals surface area (Å²) in [4.78, 5) is 62.3. The van der Waals surface area contributed by atoms with E-state index in [2.05, 4.69) is 28.5 Å². The number of nitrogens with two attached hydrogens (primary N) is 1. The van der Waals surface area contributed by atoms with Crippen LogP contribution in [0, 0.1) is 5.41 Å². The van der Waals surface area contributed by atoms with Crippen LogP contribution in [0.25, 0.3) is 11.1 Å². The van der Waals surface area contributed by atoms with Crippen LogP contribution in [0.4, 0.5) is 5.69 Å². The topological polar surface area (TPSA) is 148 Å². The normalized spacial score (nSPS) is 14.9. The molecular weight excluding hydrogens is 464 g/mol. The van der Waals surface area contributed by atoms with Crippen molar-refractivity contribution in [2.75, 3.05) is 12.4 Å². The van der Waals surface area contributed by atoms with Gasteiger partial charge in [-0.15, -0.1) is 0 Å². The molecule has 2 aromatic rings. The fourth-order valence-corrected chi connectivity index (χ4v) is 4.02. The van der Waals surface area contributed by atoms with Crippen LogP contribution in [0.15, 0.2) is 67.0 Å². The van der Waals surface area contributed by atoms with Crippen molar-refractivity contribution in [2.45, 2.75) is 19.4 Å². The molecule has 2 aliphatic rings. The maximum atomic E-state index is 13.0. The minimum Gasteiger partial charge on any atom is -0.464 e. The molecule has 2 aromatic carbocycles. The van der Waals surface area contributed by atoms with Gasteiger partial charge in [-0.05, 0) is 47.7 Å². The Hall–Kier alpha value is -4.73. The Morgan fingerprint density at radius 1 is 1.03 bits per heavy atom. The lowest BCUT2D eigenvalue weighted by molar-refractivity contribution is -0.137. The molecule has 0 bridgehead atoms. The Labute approximate surface area is 206 Å². The zero-order valence-corrected chi connectivity index (χ0v) is 19.6. The van der Waals surface area contributed by atoms with Crippen LogP contribution in [0.1, 0.15) is 28.8 Å². The van der Waals surface area contributed by atoms with Gasteiger partial charge in [0.25, 0.3) is 11.8 Å². The lowest BCUT2D eigenvalue weighted by Gasteiger charge is -2.18. The first-order valence-corrected chi connectivity index (χ1v) is 11.0. The quantitative estimate of drug-likeness (QED) is 0.293. The molecule has 1 saturated carbocycles. The van der Waals surface area contributed by atoms with Crippen LogP contribution < -0.4 is 16.4 Å². The number of amides is 4. The predicted octanol–water partition coefficient (Wildman–Crippen LogP) is 1.83. The molecule has 184 valence electrons. The van der Waals surface area contributed by atoms with E-state index >= 15 is 0 Å². The van der Waals surface area contributed by atoms with Crippen LogP contribution in [0.5, 0.6) is 0 Å². The molecule has 1 fully saturated rings. The lowest BCUT2D eigenvalue weighted by Crippen LogP contribution is -2.36. The van der Waals surface area contributed by atoms with Gasteiger partial charge in [0.1, 0.15) is 16.8 Å². The number of carbonyl (C=O) groups excluding carboxylic acids is 5. The summed E-state index contributed by atoms with van der Waals surface area (Å²) in [5, 5.41) is 5.01. The van der Waals surface area contributed by atoms with Gasteiger partial charge in [-0.25, -0.2) is 4.79 Å². The highest BCUT2D eigenvalue weighted by atomic mass is 16.5. The fourth-order valence-electron chi connectivity index (χ4n) is 4.02. The molecule has 4 rings (SSSR count). The molecule has 10 nitrogen and oxygen atoms in total. The monoisotopic (exact) mass is 488 g/mol. The van der Waals surface area contributed by atoms with Crippen molar-refractivity contribution < 1.29 is 28.7 Å². The van der Waals surface area contributed by atoms with E-state index in [0.29, 0.717) is 29.7 Å². The zero-order chi connectivity index (χ0) is 26.2. The number of hydrogen-bond acceptors (Lipinski definition) is 6. The molecule has 1 aliphatic carbocycles. The van der Waals surface area contributed by atoms with Gasteiger partial charge in [-0.2, -0.15) is 0 Å². The van der Waals surface area contributed by atoms with Crippen LogP contribution >= 0.6 is 0 Å². The highest BCUT2D eigenvalue weighted by molar-refractivity contribution is 6.12. The Bertz CT molecular complexity index is 1340. The average molecular weight is 489 g/mol. The summed E-state index contributed by atoms with van der Waals surface area (Å²) in [6.07, 6.45) is 0.875. The molecule has 0 unspecified atom stereocenters. The van der Waals surface area contributed by atoms with Crippen molar-refractivity contribution in [1.82, 2.24) is 10.2 Å². The van der Waals surface area contributed by atoms with Crippen molar-refractivity contribution in [1.29, 1.82) is 0 Å². The second kappa shape index (κ2) is 9.14. The van der Waals surface area contributed by atoms with Gasteiger partial charge in [-0.1, -0.05) is 37.4 Å². The molecule has 4 N–H and O–H groups in total. The summed E-state index contributed by atoms with van der Waals surface area (Å²) in [7, 11) is 1.15. The maximum Gasteiger partial charge on any atom is 0.353 e. The van der Waals surface area contributed by atoms with Gasteiger partial charge in [-0.3, -0.25) is 24.1 Å². The number of fused-ring (bicyclic) bond motifs is 1. The SMILES string of the molecule is C=C(NC(=O)C(=C)N1Cc2c(cccc2-c2ccc(NC(=O)C3(C(N)=O)CC3)cc2)C1=O)C(=O)OC. The van der Waals surface area contributed by atoms with Gasteiger partial charge in [0.05, 0.1) is 13.7 Å². The predicted molar refractivity (Wildman–Crippen MR) is 130 cm³/mol. The molecule has 0 atom stereocenters. The van der Waals surface area contributed by atoms with Crippen molar-refractivity contribution in [3.63, 3.8) is 0 Å². The fraction of sp³-hybridized carbons (Fsp3) is 0.192. The van der Waals surface area contributed by atoms with Crippen LogP contribution in [0.3, 0.4) is 0 Å². The molecule has 1 heterocycles. The number of carbonyl (C=O) groups is 5. The third kappa shape index (κ3) is 4.24. The van der Waals surface area contributed by atoms with Crippen molar-refractivity contribution in [3.05, 3.63) is 78.1 Å². The molecule has 0 aromatic heterocycles. The molecule has 10 heteroatoms. The summed E-state index contributed by atoms with van der Waals surface area (Å²) >= 11 is 0. The summed E-state index contributed by atoms with van der Waals surface area (Å²) in [5.41, 5.74) is 7.00. The number of benzene rings is 2. The number of anilines is 1. The third-order valence-electron chi connectivity index (χ3n) is 6.36. The number of ether oxygens (including phenoxy) is 1. The van der Waals surface area contributed by atoms with E-state index in [9.17, 15) is 24.0 Å². The molecular formula is C26H24N4O6. The molecule has 0 radical (unpaired) electrons. The van der Waals surface area contributed by atoms with E-state index in [-0.39, 0.29) is 17.9 Å². The van der Waals surface area contributed by atoms with Gasteiger partial charge in [0.15, 0.2) is 0 Å². The van der Waals surface area contributed by atoms with Crippen molar-refractivity contribution in [2.24, 2.45) is 11.1 Å². The van der Waals surface area contributed by atoms with E-state index in [1.165, 1.54) is 4.90 Å². The smallest absolute Gasteiger partial charge is 0.353 e. The van der Waals surface area contributed by atoms with Gasteiger partial charge in [0, 0.05) is 11.3 Å². The summed E-state index contributed by atoms with van der Waals surface area (Å²) < 4.78 is 4.51. The van der Waals surface area contributed by atoms with Gasteiger partial charge in [0.2, 0.25) is 11.8 Å².